The lowest BCUT2D eigenvalue weighted by atomic mass is 10.1. The maximum absolute atomic E-state index is 13.2. The summed E-state index contributed by atoms with van der Waals surface area (Å²) in [6.07, 6.45) is 2.82. The number of ether oxygens (including phenoxy) is 1. The van der Waals surface area contributed by atoms with E-state index >= 15 is 0 Å². The van der Waals surface area contributed by atoms with Gasteiger partial charge in [0.25, 0.3) is 15.9 Å². The van der Waals surface area contributed by atoms with Gasteiger partial charge in [0, 0.05) is 43.9 Å². The highest BCUT2D eigenvalue weighted by Crippen LogP contribution is 2.24. The van der Waals surface area contributed by atoms with Gasteiger partial charge in [-0.25, -0.2) is 8.42 Å². The van der Waals surface area contributed by atoms with E-state index in [0.29, 0.717) is 37.4 Å². The van der Waals surface area contributed by atoms with Crippen LogP contribution in [-0.4, -0.2) is 46.1 Å². The van der Waals surface area contributed by atoms with E-state index in [9.17, 15) is 18.0 Å². The molecule has 0 unspecified atom stereocenters. The van der Waals surface area contributed by atoms with Gasteiger partial charge in [-0.2, -0.15) is 0 Å². The highest BCUT2D eigenvalue weighted by molar-refractivity contribution is 7.92. The lowest BCUT2D eigenvalue weighted by Crippen LogP contribution is -2.30. The van der Waals surface area contributed by atoms with Gasteiger partial charge >= 0.3 is 0 Å². The molecule has 9 heteroatoms. The van der Waals surface area contributed by atoms with E-state index in [-0.39, 0.29) is 15.8 Å². The van der Waals surface area contributed by atoms with E-state index in [1.54, 1.807) is 12.1 Å². The molecule has 0 bridgehead atoms. The Hall–Kier alpha value is -3.17. The van der Waals surface area contributed by atoms with Crippen LogP contribution in [-0.2, 0) is 21.2 Å². The highest BCUT2D eigenvalue weighted by atomic mass is 32.2. The average molecular weight is 472 g/mol. The monoisotopic (exact) mass is 471 g/mol. The van der Waals surface area contributed by atoms with Crippen molar-refractivity contribution in [2.45, 2.75) is 31.6 Å². The van der Waals surface area contributed by atoms with Crippen molar-refractivity contribution in [3.63, 3.8) is 0 Å². The Labute approximate surface area is 193 Å². The molecule has 0 saturated heterocycles. The number of aromatic nitrogens is 1. The summed E-state index contributed by atoms with van der Waals surface area (Å²) in [7, 11) is -2.44. The molecule has 0 aliphatic heterocycles. The van der Waals surface area contributed by atoms with Crippen LogP contribution in [0.4, 0.5) is 5.69 Å². The predicted octanol–water partition coefficient (Wildman–Crippen LogP) is 3.07. The lowest BCUT2D eigenvalue weighted by molar-refractivity contribution is 0.0943. The summed E-state index contributed by atoms with van der Waals surface area (Å²) in [5.74, 6) is -0.518. The Kier molecular flexibility index (Phi) is 7.88. The van der Waals surface area contributed by atoms with Crippen LogP contribution in [0.15, 0.2) is 58.4 Å². The Bertz CT molecular complexity index is 1280. The number of amides is 1. The standard InChI is InChI=1S/C24H29N3O5S/c1-4-17-7-9-18(10-8-17)27(3)33(30,31)19-11-12-22-20(15-19)23(28)21(16-26-22)24(29)25-13-6-14-32-5-2/h7-12,15-16H,4-6,13-14H2,1-3H3,(H,25,29)(H,26,28). The number of rotatable bonds is 10. The van der Waals surface area contributed by atoms with Crippen molar-refractivity contribution in [3.05, 3.63) is 70.0 Å². The molecule has 1 amide bonds. The molecular weight excluding hydrogens is 442 g/mol. The van der Waals surface area contributed by atoms with Crippen molar-refractivity contribution in [3.8, 4) is 0 Å². The molecule has 0 atom stereocenters. The van der Waals surface area contributed by atoms with E-state index in [2.05, 4.69) is 10.3 Å². The van der Waals surface area contributed by atoms with Crippen LogP contribution in [0.5, 0.6) is 0 Å². The van der Waals surface area contributed by atoms with Gasteiger partial charge in [-0.1, -0.05) is 19.1 Å². The summed E-state index contributed by atoms with van der Waals surface area (Å²) < 4.78 is 32.8. The van der Waals surface area contributed by atoms with Gasteiger partial charge in [0.15, 0.2) is 0 Å². The molecule has 1 heterocycles. The average Bonchev–Trinajstić information content (AvgIpc) is 2.83. The third-order valence-electron chi connectivity index (χ3n) is 5.42. The number of carbonyl (C=O) groups is 1. The minimum absolute atomic E-state index is 0.0307. The van der Waals surface area contributed by atoms with Crippen molar-refractivity contribution in [1.29, 1.82) is 0 Å². The second-order valence-corrected chi connectivity index (χ2v) is 9.51. The summed E-state index contributed by atoms with van der Waals surface area (Å²) in [6, 6.07) is 11.5. The minimum Gasteiger partial charge on any atom is -0.382 e. The van der Waals surface area contributed by atoms with Crippen LogP contribution in [0.2, 0.25) is 0 Å². The second-order valence-electron chi connectivity index (χ2n) is 7.54. The van der Waals surface area contributed by atoms with Crippen molar-refractivity contribution < 1.29 is 17.9 Å². The Balaban J connectivity index is 1.89. The minimum atomic E-state index is -3.91. The van der Waals surface area contributed by atoms with Gasteiger partial charge in [0.05, 0.1) is 10.6 Å². The number of benzene rings is 2. The molecule has 2 N–H and O–H groups in total. The molecule has 0 aliphatic carbocycles. The number of aromatic amines is 1. The number of sulfonamides is 1. The van der Waals surface area contributed by atoms with Gasteiger partial charge < -0.3 is 15.0 Å². The first-order valence-electron chi connectivity index (χ1n) is 10.9. The molecule has 0 aliphatic rings. The molecule has 3 aromatic rings. The number of nitrogens with one attached hydrogen (secondary N) is 2. The van der Waals surface area contributed by atoms with Crippen LogP contribution in [0.25, 0.3) is 10.9 Å². The molecule has 0 saturated carbocycles. The molecule has 0 radical (unpaired) electrons. The Morgan fingerprint density at radius 3 is 2.52 bits per heavy atom. The number of anilines is 1. The SMILES string of the molecule is CCOCCCNC(=O)c1c[nH]c2ccc(S(=O)(=O)N(C)c3ccc(CC)cc3)cc2c1=O. The van der Waals surface area contributed by atoms with Gasteiger partial charge in [0.2, 0.25) is 5.43 Å². The maximum Gasteiger partial charge on any atom is 0.264 e. The predicted molar refractivity (Wildman–Crippen MR) is 129 cm³/mol. The van der Waals surface area contributed by atoms with E-state index in [4.69, 9.17) is 4.74 Å². The van der Waals surface area contributed by atoms with Crippen LogP contribution in [0.1, 0.15) is 36.2 Å². The zero-order valence-corrected chi connectivity index (χ0v) is 19.9. The van der Waals surface area contributed by atoms with E-state index < -0.39 is 21.4 Å². The number of pyridine rings is 1. The van der Waals surface area contributed by atoms with E-state index in [1.807, 2.05) is 26.0 Å². The molecule has 8 nitrogen and oxygen atoms in total. The maximum atomic E-state index is 13.2. The van der Waals surface area contributed by atoms with Crippen LogP contribution < -0.4 is 15.1 Å². The fourth-order valence-electron chi connectivity index (χ4n) is 3.38. The zero-order chi connectivity index (χ0) is 24.0. The number of hydrogen-bond acceptors (Lipinski definition) is 5. The molecule has 1 aromatic heterocycles. The lowest BCUT2D eigenvalue weighted by Gasteiger charge is -2.20. The highest BCUT2D eigenvalue weighted by Gasteiger charge is 2.23. The smallest absolute Gasteiger partial charge is 0.264 e. The van der Waals surface area contributed by atoms with Gasteiger partial charge in [-0.05, 0) is 55.7 Å². The zero-order valence-electron chi connectivity index (χ0n) is 19.1. The van der Waals surface area contributed by atoms with Gasteiger partial charge in [-0.3, -0.25) is 13.9 Å². The van der Waals surface area contributed by atoms with Crippen LogP contribution >= 0.6 is 0 Å². The third kappa shape index (κ3) is 5.43. The first-order valence-corrected chi connectivity index (χ1v) is 12.3. The molecule has 3 rings (SSSR count). The Morgan fingerprint density at radius 2 is 1.85 bits per heavy atom. The molecule has 2 aromatic carbocycles. The van der Waals surface area contributed by atoms with E-state index in [1.165, 1.54) is 35.7 Å². The topological polar surface area (TPSA) is 109 Å². The summed E-state index contributed by atoms with van der Waals surface area (Å²) in [4.78, 5) is 28.3. The molecule has 0 fully saturated rings. The number of H-pyrrole nitrogens is 1. The second kappa shape index (κ2) is 10.6. The number of carbonyl (C=O) groups excluding carboxylic acids is 1. The van der Waals surface area contributed by atoms with Gasteiger partial charge in [-0.15, -0.1) is 0 Å². The Morgan fingerprint density at radius 1 is 1.12 bits per heavy atom. The summed E-state index contributed by atoms with van der Waals surface area (Å²) in [5, 5.41) is 2.82. The van der Waals surface area contributed by atoms with Crippen molar-refractivity contribution in [2.24, 2.45) is 0 Å². The van der Waals surface area contributed by atoms with E-state index in [0.717, 1.165) is 12.0 Å². The third-order valence-corrected chi connectivity index (χ3v) is 7.20. The quantitative estimate of drug-likeness (QED) is 0.442. The number of aryl methyl sites for hydroxylation is 1. The number of hydrogen-bond donors (Lipinski definition) is 2. The van der Waals surface area contributed by atoms with Crippen LogP contribution in [0.3, 0.4) is 0 Å². The van der Waals surface area contributed by atoms with Crippen molar-refractivity contribution in [2.75, 3.05) is 31.1 Å². The van der Waals surface area contributed by atoms with Crippen LogP contribution in [0, 0.1) is 0 Å². The molecule has 176 valence electrons. The molecular formula is C24H29N3O5S. The fraction of sp³-hybridized carbons (Fsp3) is 0.333. The van der Waals surface area contributed by atoms with Crippen molar-refractivity contribution in [1.82, 2.24) is 10.3 Å². The fourth-order valence-corrected chi connectivity index (χ4v) is 4.60. The number of nitrogens with zero attached hydrogens (tertiary/aromatic N) is 1. The van der Waals surface area contributed by atoms with Crippen molar-refractivity contribution >= 4 is 32.5 Å². The first-order chi connectivity index (χ1) is 15.8. The summed E-state index contributed by atoms with van der Waals surface area (Å²) in [6.45, 7) is 5.40. The molecule has 0 spiro atoms. The molecule has 33 heavy (non-hydrogen) atoms. The summed E-state index contributed by atoms with van der Waals surface area (Å²) >= 11 is 0. The normalized spacial score (nSPS) is 11.5. The first kappa shape index (κ1) is 24.5. The largest absolute Gasteiger partial charge is 0.382 e. The van der Waals surface area contributed by atoms with Gasteiger partial charge in [0.1, 0.15) is 5.56 Å². The summed E-state index contributed by atoms with van der Waals surface area (Å²) in [5.41, 5.74) is 1.46. The number of fused-ring (bicyclic) bond motifs is 1.